The van der Waals surface area contributed by atoms with E-state index in [1.807, 2.05) is 23.5 Å². The van der Waals surface area contributed by atoms with E-state index in [0.717, 1.165) is 45.2 Å². The number of thioether (sulfide) groups is 1. The number of carboxylic acids is 2. The van der Waals surface area contributed by atoms with Crippen LogP contribution in [0.15, 0.2) is 87.5 Å². The van der Waals surface area contributed by atoms with Crippen molar-refractivity contribution < 1.29 is 24.6 Å². The Morgan fingerprint density at radius 1 is 0.907 bits per heavy atom. The summed E-state index contributed by atoms with van der Waals surface area (Å²) in [5.41, 5.74) is 13.0. The van der Waals surface area contributed by atoms with Gasteiger partial charge in [0, 0.05) is 64.5 Å². The zero-order chi connectivity index (χ0) is 39.2. The number of rotatable bonds is 6. The summed E-state index contributed by atoms with van der Waals surface area (Å²) in [6.45, 7) is 13.6. The zero-order valence-electron chi connectivity index (χ0n) is 32.6. The molecule has 2 fully saturated rings. The van der Waals surface area contributed by atoms with Crippen LogP contribution in [0, 0.1) is 11.3 Å². The number of hydrogen-bond acceptors (Lipinski definition) is 7. The van der Waals surface area contributed by atoms with Crippen LogP contribution in [0.25, 0.3) is 0 Å². The summed E-state index contributed by atoms with van der Waals surface area (Å²) < 4.78 is 0. The second kappa shape index (κ2) is 17.9. The molecule has 1 amide bonds. The van der Waals surface area contributed by atoms with E-state index >= 15 is 0 Å². The molecule has 4 atom stereocenters. The number of aliphatic carboxylic acids is 2. The average molecular weight is 772 g/mol. The van der Waals surface area contributed by atoms with Crippen LogP contribution in [0.3, 0.4) is 0 Å². The molecule has 0 radical (unpaired) electrons. The SMILES string of the molecule is CC(C)c1ccc2c(c1)CCC1C(C)(C(N)=O)CCCC21C.CSc1ccc2c(c1)C(N1CCN(C)CC1)Cc1ccccc1S2.O=C(O)C=CC(=O)O. The molecule has 2 aliphatic heterocycles. The summed E-state index contributed by atoms with van der Waals surface area (Å²) in [6.07, 6.45) is 9.80. The summed E-state index contributed by atoms with van der Waals surface area (Å²) in [7, 11) is 2.23. The van der Waals surface area contributed by atoms with Gasteiger partial charge in [0.2, 0.25) is 5.91 Å². The van der Waals surface area contributed by atoms with Gasteiger partial charge in [0.25, 0.3) is 0 Å². The highest BCUT2D eigenvalue weighted by Gasteiger charge is 2.54. The van der Waals surface area contributed by atoms with Gasteiger partial charge < -0.3 is 20.8 Å². The van der Waals surface area contributed by atoms with Crippen LogP contribution >= 0.6 is 23.5 Å². The second-order valence-electron chi connectivity index (χ2n) is 15.9. The minimum atomic E-state index is -1.26. The van der Waals surface area contributed by atoms with Crippen LogP contribution in [0.1, 0.15) is 93.2 Å². The van der Waals surface area contributed by atoms with E-state index in [9.17, 15) is 14.4 Å². The molecule has 290 valence electrons. The minimum Gasteiger partial charge on any atom is -0.478 e. The van der Waals surface area contributed by atoms with Gasteiger partial charge in [-0.15, -0.1) is 11.8 Å². The number of carbonyl (C=O) groups excluding carboxylic acids is 1. The van der Waals surface area contributed by atoms with E-state index in [1.54, 1.807) is 0 Å². The molecule has 54 heavy (non-hydrogen) atoms. The van der Waals surface area contributed by atoms with Crippen LogP contribution in [-0.4, -0.2) is 77.3 Å². The molecule has 3 aromatic carbocycles. The van der Waals surface area contributed by atoms with E-state index in [2.05, 4.69) is 111 Å². The van der Waals surface area contributed by atoms with Gasteiger partial charge in [0.1, 0.15) is 0 Å². The molecule has 0 bridgehead atoms. The number of primary amides is 1. The lowest BCUT2D eigenvalue weighted by Gasteiger charge is -2.54. The Morgan fingerprint density at radius 2 is 1.59 bits per heavy atom. The van der Waals surface area contributed by atoms with Gasteiger partial charge in [0.05, 0.1) is 0 Å². The predicted octanol–water partition coefficient (Wildman–Crippen LogP) is 8.42. The topological polar surface area (TPSA) is 124 Å². The highest BCUT2D eigenvalue weighted by molar-refractivity contribution is 7.99. The van der Waals surface area contributed by atoms with Gasteiger partial charge in [-0.05, 0) is 115 Å². The van der Waals surface area contributed by atoms with E-state index in [1.165, 1.54) is 62.0 Å². The van der Waals surface area contributed by atoms with E-state index in [4.69, 9.17) is 15.9 Å². The number of aryl methyl sites for hydroxylation is 1. The van der Waals surface area contributed by atoms with E-state index < -0.39 is 11.9 Å². The summed E-state index contributed by atoms with van der Waals surface area (Å²) in [6, 6.07) is 23.5. The Bertz CT molecular complexity index is 1840. The minimum absolute atomic E-state index is 0.102. The van der Waals surface area contributed by atoms with Crippen molar-refractivity contribution >= 4 is 41.4 Å². The van der Waals surface area contributed by atoms with E-state index in [0.29, 0.717) is 30.0 Å². The Hall–Kier alpha value is -3.57. The fraction of sp³-hybridized carbons (Fsp3) is 0.477. The summed E-state index contributed by atoms with van der Waals surface area (Å²) >= 11 is 3.79. The first-order chi connectivity index (χ1) is 25.7. The quantitative estimate of drug-likeness (QED) is 0.167. The Balaban J connectivity index is 0.000000174. The Kier molecular flexibility index (Phi) is 13.8. The molecule has 7 rings (SSSR count). The number of likely N-dealkylation sites (N-methyl/N-ethyl adjacent to an activating group) is 1. The number of nitrogens with two attached hydrogens (primary N) is 1. The number of hydrogen-bond donors (Lipinski definition) is 3. The van der Waals surface area contributed by atoms with Crippen molar-refractivity contribution in [2.75, 3.05) is 39.5 Å². The lowest BCUT2D eigenvalue weighted by atomic mass is 9.49. The monoisotopic (exact) mass is 771 g/mol. The summed E-state index contributed by atoms with van der Waals surface area (Å²) in [5, 5.41) is 15.6. The van der Waals surface area contributed by atoms with Crippen molar-refractivity contribution in [3.63, 3.8) is 0 Å². The Labute approximate surface area is 330 Å². The molecular formula is C44H57N3O5S2. The highest BCUT2D eigenvalue weighted by atomic mass is 32.2. The highest BCUT2D eigenvalue weighted by Crippen LogP contribution is 2.57. The number of fused-ring (bicyclic) bond motifs is 5. The van der Waals surface area contributed by atoms with Crippen molar-refractivity contribution in [2.24, 2.45) is 17.1 Å². The second-order valence-corrected chi connectivity index (χ2v) is 17.9. The van der Waals surface area contributed by atoms with Crippen LogP contribution in [0.2, 0.25) is 0 Å². The largest absolute Gasteiger partial charge is 0.478 e. The zero-order valence-corrected chi connectivity index (χ0v) is 34.3. The molecule has 10 heteroatoms. The fourth-order valence-electron chi connectivity index (χ4n) is 8.98. The molecule has 1 saturated heterocycles. The lowest BCUT2D eigenvalue weighted by molar-refractivity contribution is -0.135. The van der Waals surface area contributed by atoms with E-state index in [-0.39, 0.29) is 16.7 Å². The first-order valence-corrected chi connectivity index (χ1v) is 21.1. The molecular weight excluding hydrogens is 715 g/mol. The predicted molar refractivity (Wildman–Crippen MR) is 220 cm³/mol. The third kappa shape index (κ3) is 9.44. The van der Waals surface area contributed by atoms with Crippen molar-refractivity contribution in [1.82, 2.24) is 9.80 Å². The van der Waals surface area contributed by atoms with Crippen molar-refractivity contribution in [3.8, 4) is 0 Å². The molecule has 2 aliphatic carbocycles. The molecule has 1 saturated carbocycles. The number of carboxylic acid groups (broad SMARTS) is 2. The normalized spacial score (nSPS) is 25.0. The summed E-state index contributed by atoms with van der Waals surface area (Å²) in [4.78, 5) is 40.6. The fourth-order valence-corrected chi connectivity index (χ4v) is 10.5. The standard InChI is InChI=1S/C20H24N2S2.C20H29NO.C4H4O4/c1-21-9-11-22(12-10-21)18-13-15-5-3-4-6-19(15)24-20-8-7-16(23-2)14-17(18)20;1-13(2)14-6-8-16-15(12-14)7-9-17-19(16,3)10-5-11-20(17,4)18(21)22;5-3(6)1-2-4(7)8/h3-8,14,18H,9-13H2,1-2H3;6,8,12-13,17H,5,7,9-11H2,1-4H3,(H2,21,22);1-2H,(H,5,6)(H,7,8). The number of benzene rings is 3. The maximum absolute atomic E-state index is 12.2. The van der Waals surface area contributed by atoms with Crippen molar-refractivity contribution in [2.45, 2.75) is 98.3 Å². The van der Waals surface area contributed by atoms with Gasteiger partial charge in [0.15, 0.2) is 0 Å². The molecule has 0 aromatic heterocycles. The van der Waals surface area contributed by atoms with Crippen LogP contribution in [0.5, 0.6) is 0 Å². The third-order valence-corrected chi connectivity index (χ3v) is 14.1. The maximum Gasteiger partial charge on any atom is 0.328 e. The summed E-state index contributed by atoms with van der Waals surface area (Å²) in [5.74, 6) is -1.67. The van der Waals surface area contributed by atoms with Crippen molar-refractivity contribution in [3.05, 3.63) is 101 Å². The number of piperazine rings is 1. The van der Waals surface area contributed by atoms with Gasteiger partial charge >= 0.3 is 11.9 Å². The number of nitrogens with zero attached hydrogens (tertiary/aromatic N) is 2. The molecule has 3 aromatic rings. The average Bonchev–Trinajstić information content (AvgIpc) is 3.31. The lowest BCUT2D eigenvalue weighted by Crippen LogP contribution is -2.54. The molecule has 2 heterocycles. The van der Waals surface area contributed by atoms with Crippen LogP contribution < -0.4 is 5.73 Å². The van der Waals surface area contributed by atoms with Crippen LogP contribution in [0.4, 0.5) is 0 Å². The molecule has 4 aliphatic rings. The first kappa shape index (κ1) is 41.6. The first-order valence-electron chi connectivity index (χ1n) is 19.1. The third-order valence-electron chi connectivity index (χ3n) is 12.1. The molecule has 4 unspecified atom stereocenters. The van der Waals surface area contributed by atoms with Gasteiger partial charge in [-0.3, -0.25) is 9.69 Å². The number of carbonyl (C=O) groups is 3. The molecule has 0 spiro atoms. The number of amides is 1. The Morgan fingerprint density at radius 3 is 2.22 bits per heavy atom. The van der Waals surface area contributed by atoms with Crippen molar-refractivity contribution in [1.29, 1.82) is 0 Å². The smallest absolute Gasteiger partial charge is 0.328 e. The molecule has 4 N–H and O–H groups in total. The molecule has 8 nitrogen and oxygen atoms in total. The maximum atomic E-state index is 12.2. The van der Waals surface area contributed by atoms with Gasteiger partial charge in [-0.1, -0.05) is 82.3 Å². The van der Waals surface area contributed by atoms with Crippen LogP contribution in [-0.2, 0) is 32.6 Å². The van der Waals surface area contributed by atoms with Gasteiger partial charge in [-0.25, -0.2) is 9.59 Å². The van der Waals surface area contributed by atoms with Gasteiger partial charge in [-0.2, -0.15) is 0 Å².